The van der Waals surface area contributed by atoms with Gasteiger partial charge in [-0.05, 0) is 36.4 Å². The summed E-state index contributed by atoms with van der Waals surface area (Å²) < 4.78 is 62.9. The van der Waals surface area contributed by atoms with Crippen LogP contribution in [-0.2, 0) is 16.6 Å². The second kappa shape index (κ2) is 7.62. The molecule has 1 amide bonds. The summed E-state index contributed by atoms with van der Waals surface area (Å²) in [6.07, 6.45) is -2.99. The zero-order valence-electron chi connectivity index (χ0n) is 12.7. The highest BCUT2D eigenvalue weighted by Crippen LogP contribution is 2.14. The lowest BCUT2D eigenvalue weighted by Crippen LogP contribution is -2.33. The fourth-order valence-corrected chi connectivity index (χ4v) is 2.82. The van der Waals surface area contributed by atoms with E-state index in [1.807, 2.05) is 0 Å². The van der Waals surface area contributed by atoms with E-state index in [-0.39, 0.29) is 17.0 Å². The van der Waals surface area contributed by atoms with E-state index in [1.165, 1.54) is 6.20 Å². The number of alkyl halides is 3. The van der Waals surface area contributed by atoms with E-state index in [9.17, 15) is 26.4 Å². The number of nitrogens with one attached hydrogen (secondary N) is 2. The molecule has 0 unspecified atom stereocenters. The van der Waals surface area contributed by atoms with Crippen LogP contribution in [0.15, 0.2) is 53.6 Å². The molecule has 0 aliphatic rings. The van der Waals surface area contributed by atoms with Crippen LogP contribution in [0, 0.1) is 0 Å². The van der Waals surface area contributed by atoms with Crippen molar-refractivity contribution in [2.24, 2.45) is 0 Å². The fraction of sp³-hybridized carbons (Fsp3) is 0.200. The quantitative estimate of drug-likeness (QED) is 0.809. The third-order valence-electron chi connectivity index (χ3n) is 3.05. The number of halogens is 3. The van der Waals surface area contributed by atoms with Crippen molar-refractivity contribution in [3.8, 4) is 0 Å². The Kier molecular flexibility index (Phi) is 5.75. The van der Waals surface area contributed by atoms with Gasteiger partial charge in [0.2, 0.25) is 10.0 Å². The molecule has 25 heavy (non-hydrogen) atoms. The average Bonchev–Trinajstić information content (AvgIpc) is 2.58. The van der Waals surface area contributed by atoms with E-state index < -0.39 is 28.7 Å². The molecule has 6 nitrogen and oxygen atoms in total. The third kappa shape index (κ3) is 5.84. The van der Waals surface area contributed by atoms with Crippen LogP contribution in [0.3, 0.4) is 0 Å². The van der Waals surface area contributed by atoms with E-state index >= 15 is 0 Å². The number of pyridine rings is 1. The van der Waals surface area contributed by atoms with Gasteiger partial charge in [-0.1, -0.05) is 6.07 Å². The number of rotatable bonds is 6. The van der Waals surface area contributed by atoms with Gasteiger partial charge in [-0.2, -0.15) is 13.2 Å². The highest BCUT2D eigenvalue weighted by molar-refractivity contribution is 7.89. The molecule has 0 fully saturated rings. The summed E-state index contributed by atoms with van der Waals surface area (Å²) in [5.74, 6) is -0.942. The Labute approximate surface area is 142 Å². The minimum atomic E-state index is -4.52. The van der Waals surface area contributed by atoms with Gasteiger partial charge in [-0.25, -0.2) is 13.1 Å². The molecule has 1 aromatic carbocycles. The maximum Gasteiger partial charge on any atom is 0.405 e. The van der Waals surface area contributed by atoms with Crippen molar-refractivity contribution in [1.29, 1.82) is 0 Å². The van der Waals surface area contributed by atoms with Crippen molar-refractivity contribution in [1.82, 2.24) is 15.0 Å². The number of benzene rings is 1. The number of sulfonamides is 1. The van der Waals surface area contributed by atoms with Gasteiger partial charge in [-0.15, -0.1) is 0 Å². The first-order valence-electron chi connectivity index (χ1n) is 7.02. The summed E-state index contributed by atoms with van der Waals surface area (Å²) in [6.45, 7) is -1.48. The van der Waals surface area contributed by atoms with E-state index in [2.05, 4.69) is 9.71 Å². The molecule has 0 aliphatic carbocycles. The molecule has 0 aliphatic heterocycles. The standard InChI is InChI=1S/C15H14F3N3O3S/c16-15(17,18)10-20-14(22)11-4-6-13(7-5-11)25(23,24)21-9-12-3-1-2-8-19-12/h1-8,21H,9-10H2,(H,20,22). The number of carbonyl (C=O) groups excluding carboxylic acids is 1. The number of hydrogen-bond donors (Lipinski definition) is 2. The van der Waals surface area contributed by atoms with Crippen LogP contribution in [0.4, 0.5) is 13.2 Å². The Morgan fingerprint density at radius 3 is 2.32 bits per heavy atom. The van der Waals surface area contributed by atoms with Crippen LogP contribution >= 0.6 is 0 Å². The topological polar surface area (TPSA) is 88.2 Å². The van der Waals surface area contributed by atoms with Gasteiger partial charge in [0.1, 0.15) is 6.54 Å². The second-order valence-corrected chi connectivity index (χ2v) is 6.73. The Bertz CT molecular complexity index is 823. The monoisotopic (exact) mass is 373 g/mol. The number of nitrogens with zero attached hydrogens (tertiary/aromatic N) is 1. The summed E-state index contributed by atoms with van der Waals surface area (Å²) in [5.41, 5.74) is 0.446. The lowest BCUT2D eigenvalue weighted by atomic mass is 10.2. The Morgan fingerprint density at radius 2 is 1.76 bits per heavy atom. The predicted octanol–water partition coefficient (Wildman–Crippen LogP) is 1.85. The second-order valence-electron chi connectivity index (χ2n) is 4.97. The van der Waals surface area contributed by atoms with E-state index in [4.69, 9.17) is 0 Å². The first-order chi connectivity index (χ1) is 11.7. The summed E-state index contributed by atoms with van der Waals surface area (Å²) in [7, 11) is -3.84. The predicted molar refractivity (Wildman–Crippen MR) is 83.1 cm³/mol. The van der Waals surface area contributed by atoms with Gasteiger partial charge >= 0.3 is 6.18 Å². The molecule has 0 saturated carbocycles. The Hall–Kier alpha value is -2.46. The Morgan fingerprint density at radius 1 is 1.08 bits per heavy atom. The first-order valence-corrected chi connectivity index (χ1v) is 8.50. The summed E-state index contributed by atoms with van der Waals surface area (Å²) >= 11 is 0. The fourth-order valence-electron chi connectivity index (χ4n) is 1.82. The van der Waals surface area contributed by atoms with Gasteiger partial charge in [0, 0.05) is 11.8 Å². The van der Waals surface area contributed by atoms with Crippen molar-refractivity contribution < 1.29 is 26.4 Å². The average molecular weight is 373 g/mol. The van der Waals surface area contributed by atoms with Crippen LogP contribution in [0.5, 0.6) is 0 Å². The number of carbonyl (C=O) groups is 1. The summed E-state index contributed by atoms with van der Waals surface area (Å²) in [5, 5.41) is 1.71. The molecule has 10 heteroatoms. The highest BCUT2D eigenvalue weighted by Gasteiger charge is 2.28. The number of aromatic nitrogens is 1. The lowest BCUT2D eigenvalue weighted by molar-refractivity contribution is -0.123. The maximum absolute atomic E-state index is 12.2. The molecule has 2 N–H and O–H groups in total. The van der Waals surface area contributed by atoms with Crippen molar-refractivity contribution in [3.63, 3.8) is 0 Å². The molecule has 1 heterocycles. The van der Waals surface area contributed by atoms with Crippen LogP contribution in [0.2, 0.25) is 0 Å². The van der Waals surface area contributed by atoms with Gasteiger partial charge in [0.15, 0.2) is 0 Å². The largest absolute Gasteiger partial charge is 0.405 e. The van der Waals surface area contributed by atoms with Gasteiger partial charge < -0.3 is 5.32 Å². The molecule has 0 spiro atoms. The molecule has 2 rings (SSSR count). The molecule has 134 valence electrons. The van der Waals surface area contributed by atoms with Crippen molar-refractivity contribution in [3.05, 3.63) is 59.9 Å². The van der Waals surface area contributed by atoms with Crippen LogP contribution in [-0.4, -0.2) is 32.0 Å². The van der Waals surface area contributed by atoms with Crippen LogP contribution in [0.1, 0.15) is 16.1 Å². The van der Waals surface area contributed by atoms with Crippen molar-refractivity contribution in [2.75, 3.05) is 6.54 Å². The molecule has 0 radical (unpaired) electrons. The molecular weight excluding hydrogens is 359 g/mol. The number of hydrogen-bond acceptors (Lipinski definition) is 4. The van der Waals surface area contributed by atoms with Gasteiger partial charge in [0.25, 0.3) is 5.91 Å². The minimum absolute atomic E-state index is 0.0169. The van der Waals surface area contributed by atoms with Crippen LogP contribution in [0.25, 0.3) is 0 Å². The smallest absolute Gasteiger partial charge is 0.343 e. The third-order valence-corrected chi connectivity index (χ3v) is 4.46. The summed E-state index contributed by atoms with van der Waals surface area (Å²) in [4.78, 5) is 15.4. The van der Waals surface area contributed by atoms with E-state index in [0.29, 0.717) is 5.69 Å². The van der Waals surface area contributed by atoms with E-state index in [0.717, 1.165) is 24.3 Å². The lowest BCUT2D eigenvalue weighted by Gasteiger charge is -2.09. The van der Waals surface area contributed by atoms with Crippen molar-refractivity contribution in [2.45, 2.75) is 17.6 Å². The van der Waals surface area contributed by atoms with Crippen molar-refractivity contribution >= 4 is 15.9 Å². The van der Waals surface area contributed by atoms with E-state index in [1.54, 1.807) is 23.5 Å². The zero-order chi connectivity index (χ0) is 18.5. The van der Waals surface area contributed by atoms with Crippen LogP contribution < -0.4 is 10.0 Å². The normalized spacial score (nSPS) is 12.0. The summed E-state index contributed by atoms with van der Waals surface area (Å²) in [6, 6.07) is 9.62. The highest BCUT2D eigenvalue weighted by atomic mass is 32.2. The molecule has 0 bridgehead atoms. The van der Waals surface area contributed by atoms with Gasteiger partial charge in [0.05, 0.1) is 17.1 Å². The molecule has 1 aromatic heterocycles. The Balaban J connectivity index is 2.01. The minimum Gasteiger partial charge on any atom is -0.343 e. The SMILES string of the molecule is O=C(NCC(F)(F)F)c1ccc(S(=O)(=O)NCc2ccccn2)cc1. The first kappa shape index (κ1) is 18.9. The maximum atomic E-state index is 12.2. The van der Waals surface area contributed by atoms with Gasteiger partial charge in [-0.3, -0.25) is 9.78 Å². The molecule has 0 saturated heterocycles. The molecular formula is C15H14F3N3O3S. The zero-order valence-corrected chi connectivity index (χ0v) is 13.6. The molecule has 0 atom stereocenters. The number of amides is 1. The molecule has 2 aromatic rings.